The van der Waals surface area contributed by atoms with E-state index in [4.69, 9.17) is 9.47 Å². The van der Waals surface area contributed by atoms with E-state index in [1.165, 1.54) is 270 Å². The number of carbonyl (C=O) groups excluding carboxylic acids is 1. The largest absolute Gasteiger partial charge is 0.394 e. The Kier molecular flexibility index (Phi) is 55.0. The molecule has 11 nitrogen and oxygen atoms in total. The molecule has 9 atom stereocenters. The van der Waals surface area contributed by atoms with Crippen molar-refractivity contribution in [3.05, 3.63) is 12.2 Å². The summed E-state index contributed by atoms with van der Waals surface area (Å²) >= 11 is 0. The Hall–Kier alpha value is -1.15. The predicted molar refractivity (Wildman–Crippen MR) is 330 cm³/mol. The fourth-order valence-electron chi connectivity index (χ4n) is 11.5. The lowest BCUT2D eigenvalue weighted by Gasteiger charge is -2.40. The van der Waals surface area contributed by atoms with Gasteiger partial charge in [0, 0.05) is 0 Å². The van der Waals surface area contributed by atoms with Crippen molar-refractivity contribution in [1.82, 2.24) is 5.32 Å². The number of unbranched alkanes of at least 4 members (excludes halogenated alkanes) is 47. The fourth-order valence-corrected chi connectivity index (χ4v) is 11.5. The van der Waals surface area contributed by atoms with E-state index in [-0.39, 0.29) is 12.8 Å². The van der Waals surface area contributed by atoms with E-state index in [0.717, 1.165) is 38.5 Å². The maximum Gasteiger partial charge on any atom is 0.249 e. The van der Waals surface area contributed by atoms with Gasteiger partial charge in [0.05, 0.1) is 25.4 Å². The molecule has 79 heavy (non-hydrogen) atoms. The molecule has 470 valence electrons. The zero-order chi connectivity index (χ0) is 57.5. The highest BCUT2D eigenvalue weighted by Crippen LogP contribution is 2.24. The van der Waals surface area contributed by atoms with Crippen molar-refractivity contribution in [3.63, 3.8) is 0 Å². The number of amides is 1. The highest BCUT2D eigenvalue weighted by molar-refractivity contribution is 5.80. The molecule has 1 heterocycles. The predicted octanol–water partition coefficient (Wildman–Crippen LogP) is 16.3. The van der Waals surface area contributed by atoms with Crippen molar-refractivity contribution in [2.75, 3.05) is 13.2 Å². The van der Waals surface area contributed by atoms with Crippen molar-refractivity contribution < 1.29 is 50.0 Å². The molecule has 0 bridgehead atoms. The fraction of sp³-hybridized carbons (Fsp3) is 0.956. The number of hydrogen-bond donors (Lipinski definition) is 8. The van der Waals surface area contributed by atoms with Crippen LogP contribution < -0.4 is 5.32 Å². The van der Waals surface area contributed by atoms with Gasteiger partial charge in [-0.05, 0) is 38.5 Å². The molecule has 1 amide bonds. The number of hydrogen-bond acceptors (Lipinski definition) is 10. The summed E-state index contributed by atoms with van der Waals surface area (Å²) in [5, 5.41) is 76.4. The summed E-state index contributed by atoms with van der Waals surface area (Å²) < 4.78 is 11.2. The van der Waals surface area contributed by atoms with Gasteiger partial charge < -0.3 is 50.5 Å². The van der Waals surface area contributed by atoms with E-state index in [1.54, 1.807) is 0 Å². The maximum absolute atomic E-state index is 13.2. The molecule has 1 aliphatic rings. The monoisotopic (exact) mass is 1120 g/mol. The molecule has 1 aliphatic heterocycles. The lowest BCUT2D eigenvalue weighted by atomic mass is 9.98. The first-order valence-electron chi connectivity index (χ1n) is 34.6. The number of aliphatic hydroxyl groups excluding tert-OH is 7. The van der Waals surface area contributed by atoms with E-state index in [9.17, 15) is 40.5 Å². The van der Waals surface area contributed by atoms with Gasteiger partial charge in [0.2, 0.25) is 5.91 Å². The van der Waals surface area contributed by atoms with Crippen molar-refractivity contribution in [2.45, 2.75) is 403 Å². The molecule has 1 rings (SSSR count). The first-order chi connectivity index (χ1) is 38.7. The van der Waals surface area contributed by atoms with Crippen LogP contribution in [-0.4, -0.2) is 110 Å². The second-order valence-electron chi connectivity index (χ2n) is 24.6. The van der Waals surface area contributed by atoms with Crippen molar-refractivity contribution in [3.8, 4) is 0 Å². The summed E-state index contributed by atoms with van der Waals surface area (Å²) in [6, 6.07) is -1.18. The zero-order valence-electron chi connectivity index (χ0n) is 51.9. The molecule has 11 heteroatoms. The number of aliphatic hydroxyl groups is 7. The van der Waals surface area contributed by atoms with Gasteiger partial charge in [0.25, 0.3) is 0 Å². The lowest BCUT2D eigenvalue weighted by molar-refractivity contribution is -0.303. The van der Waals surface area contributed by atoms with Crippen molar-refractivity contribution >= 4 is 5.91 Å². The minimum absolute atomic E-state index is 0.260. The van der Waals surface area contributed by atoms with E-state index in [2.05, 4.69) is 31.3 Å². The summed E-state index contributed by atoms with van der Waals surface area (Å²) in [6.07, 6.45) is 58.7. The Balaban J connectivity index is 2.20. The van der Waals surface area contributed by atoms with Gasteiger partial charge in [-0.2, -0.15) is 0 Å². The number of ether oxygens (including phenoxy) is 2. The molecule has 1 fully saturated rings. The molecule has 9 unspecified atom stereocenters. The van der Waals surface area contributed by atoms with Gasteiger partial charge >= 0.3 is 0 Å². The Morgan fingerprint density at radius 2 is 0.747 bits per heavy atom. The quantitative estimate of drug-likeness (QED) is 0.0215. The van der Waals surface area contributed by atoms with Crippen LogP contribution in [0.1, 0.15) is 348 Å². The van der Waals surface area contributed by atoms with Gasteiger partial charge in [-0.25, -0.2) is 0 Å². The lowest BCUT2D eigenvalue weighted by Crippen LogP contribution is -2.60. The Morgan fingerprint density at radius 3 is 1.09 bits per heavy atom. The Morgan fingerprint density at radius 1 is 0.430 bits per heavy atom. The molecule has 0 aromatic heterocycles. The molecule has 1 saturated heterocycles. The minimum atomic E-state index is -1.67. The highest BCUT2D eigenvalue weighted by atomic mass is 16.7. The van der Waals surface area contributed by atoms with Gasteiger partial charge in [0.1, 0.15) is 36.6 Å². The number of nitrogens with one attached hydrogen (secondary N) is 1. The molecule has 0 aromatic carbocycles. The zero-order valence-corrected chi connectivity index (χ0v) is 51.9. The second kappa shape index (κ2) is 57.3. The summed E-state index contributed by atoms with van der Waals surface area (Å²) in [5.41, 5.74) is 0. The molecular formula is C68H133NO10. The van der Waals surface area contributed by atoms with Gasteiger partial charge in [-0.1, -0.05) is 321 Å². The van der Waals surface area contributed by atoms with E-state index >= 15 is 0 Å². The normalized spacial score (nSPS) is 19.3. The third-order valence-corrected chi connectivity index (χ3v) is 17.1. The second-order valence-corrected chi connectivity index (χ2v) is 24.6. The molecule has 0 aliphatic carbocycles. The molecular weight excluding hydrogens is 991 g/mol. The summed E-state index contributed by atoms with van der Waals surface area (Å²) in [6.45, 7) is 3.50. The van der Waals surface area contributed by atoms with Crippen LogP contribution in [0.2, 0.25) is 0 Å². The van der Waals surface area contributed by atoms with Gasteiger partial charge in [0.15, 0.2) is 6.29 Å². The summed E-state index contributed by atoms with van der Waals surface area (Å²) in [7, 11) is 0. The summed E-state index contributed by atoms with van der Waals surface area (Å²) in [5.74, 6) is -0.698. The highest BCUT2D eigenvalue weighted by Gasteiger charge is 2.44. The van der Waals surface area contributed by atoms with Crippen LogP contribution in [0.15, 0.2) is 12.2 Å². The standard InChI is InChI=1S/C68H133NO10/c1-3-5-7-9-11-13-15-17-19-21-23-25-27-28-29-30-31-32-33-34-36-38-40-42-44-46-48-50-52-54-56-61(72)67(77)69-59(58-78-68-66(76)65(75)64(74)62(57-70)79-68)63(73)60(71)55-53-51-49-47-45-43-41-39-37-35-26-24-22-20-18-16-14-12-10-8-6-4-2/h47,49,59-66,68,70-76H,3-46,48,50-58H2,1-2H3,(H,69,77)/b49-47+. The smallest absolute Gasteiger partial charge is 0.249 e. The molecule has 0 saturated carbocycles. The first kappa shape index (κ1) is 75.9. The minimum Gasteiger partial charge on any atom is -0.394 e. The van der Waals surface area contributed by atoms with Crippen LogP contribution in [0.4, 0.5) is 0 Å². The van der Waals surface area contributed by atoms with Crippen LogP contribution in [-0.2, 0) is 14.3 Å². The van der Waals surface area contributed by atoms with Gasteiger partial charge in [-0.15, -0.1) is 0 Å². The molecule has 8 N–H and O–H groups in total. The Labute approximate surface area is 487 Å². The topological polar surface area (TPSA) is 189 Å². The number of rotatable bonds is 61. The van der Waals surface area contributed by atoms with Crippen LogP contribution in [0, 0.1) is 0 Å². The van der Waals surface area contributed by atoms with Crippen LogP contribution >= 0.6 is 0 Å². The maximum atomic E-state index is 13.2. The molecule has 0 spiro atoms. The number of carbonyl (C=O) groups is 1. The molecule has 0 aromatic rings. The van der Waals surface area contributed by atoms with Crippen LogP contribution in [0.25, 0.3) is 0 Å². The van der Waals surface area contributed by atoms with Crippen LogP contribution in [0.3, 0.4) is 0 Å². The van der Waals surface area contributed by atoms with E-state index in [1.807, 2.05) is 0 Å². The number of allylic oxidation sites excluding steroid dienone is 2. The average molecular weight is 1120 g/mol. The van der Waals surface area contributed by atoms with E-state index < -0.39 is 74.2 Å². The third-order valence-electron chi connectivity index (χ3n) is 17.1. The van der Waals surface area contributed by atoms with Crippen molar-refractivity contribution in [1.29, 1.82) is 0 Å². The van der Waals surface area contributed by atoms with Gasteiger partial charge in [-0.3, -0.25) is 4.79 Å². The van der Waals surface area contributed by atoms with Crippen molar-refractivity contribution in [2.24, 2.45) is 0 Å². The summed E-state index contributed by atoms with van der Waals surface area (Å²) in [4.78, 5) is 13.2. The van der Waals surface area contributed by atoms with Crippen LogP contribution in [0.5, 0.6) is 0 Å². The SMILES string of the molecule is CCCCCCCCCCCCCCCCCCC/C=C/CCCC(O)C(O)C(COC1OC(CO)C(O)C(O)C1O)NC(=O)C(O)CCCCCCCCCCCCCCCCCCCCCCCCCCCCCCCC. The van der Waals surface area contributed by atoms with E-state index in [0.29, 0.717) is 12.8 Å². The Bertz CT molecular complexity index is 1290. The third kappa shape index (κ3) is 45.0. The average Bonchev–Trinajstić information content (AvgIpc) is 3.46. The molecule has 0 radical (unpaired) electrons. The first-order valence-corrected chi connectivity index (χ1v) is 34.6.